The van der Waals surface area contributed by atoms with Gasteiger partial charge in [0, 0.05) is 23.7 Å². The summed E-state index contributed by atoms with van der Waals surface area (Å²) in [6, 6.07) is 0. The summed E-state index contributed by atoms with van der Waals surface area (Å²) in [7, 11) is 0. The highest BCUT2D eigenvalue weighted by atomic mass is 19.1. The average molecular weight is 495 g/mol. The van der Waals surface area contributed by atoms with Gasteiger partial charge >= 0.3 is 5.97 Å². The largest absolute Gasteiger partial charge is 0.458 e. The fourth-order valence-electron chi connectivity index (χ4n) is 8.08. The number of fused-ring (bicyclic) bond motifs is 7. The van der Waals surface area contributed by atoms with Crippen LogP contribution in [0.15, 0.2) is 23.8 Å². The molecule has 0 aromatic heterocycles. The highest BCUT2D eigenvalue weighted by Gasteiger charge is 2.80. The summed E-state index contributed by atoms with van der Waals surface area (Å²) in [6.45, 7) is 7.28. The molecule has 1 heterocycles. The van der Waals surface area contributed by atoms with Crippen molar-refractivity contribution in [3.05, 3.63) is 23.8 Å². The van der Waals surface area contributed by atoms with Crippen LogP contribution in [0.4, 0.5) is 8.78 Å². The number of allylic oxidation sites excluding steroid dienone is 4. The second-order valence-corrected chi connectivity index (χ2v) is 11.6. The first-order valence-corrected chi connectivity index (χ1v) is 12.1. The summed E-state index contributed by atoms with van der Waals surface area (Å²) < 4.78 is 50.3. The third-order valence-electron chi connectivity index (χ3n) is 9.44. The summed E-state index contributed by atoms with van der Waals surface area (Å²) in [6.07, 6.45) is -0.345. The number of aliphatic hydroxyl groups excluding tert-OH is 1. The molecule has 9 atom stereocenters. The van der Waals surface area contributed by atoms with Crippen LogP contribution < -0.4 is 0 Å². The predicted octanol–water partition coefficient (Wildman–Crippen LogP) is 2.94. The predicted molar refractivity (Wildman–Crippen MR) is 118 cm³/mol. The van der Waals surface area contributed by atoms with E-state index in [4.69, 9.17) is 14.2 Å². The molecule has 0 aromatic carbocycles. The number of hydrogen-bond acceptors (Lipinski definition) is 7. The van der Waals surface area contributed by atoms with Crippen LogP contribution in [0.3, 0.4) is 0 Å². The highest BCUT2D eigenvalue weighted by Crippen LogP contribution is 2.72. The zero-order valence-corrected chi connectivity index (χ0v) is 20.6. The first-order chi connectivity index (χ1) is 16.1. The van der Waals surface area contributed by atoms with E-state index < -0.39 is 82.2 Å². The molecule has 0 bridgehead atoms. The van der Waals surface area contributed by atoms with Crippen LogP contribution in [0.5, 0.6) is 0 Å². The van der Waals surface area contributed by atoms with Gasteiger partial charge in [0.15, 0.2) is 29.4 Å². The molecule has 0 amide bonds. The van der Waals surface area contributed by atoms with E-state index in [0.29, 0.717) is 0 Å². The third kappa shape index (κ3) is 2.95. The molecular weight excluding hydrogens is 462 g/mol. The molecule has 0 radical (unpaired) electrons. The van der Waals surface area contributed by atoms with Crippen LogP contribution in [0.2, 0.25) is 0 Å². The number of esters is 1. The Hall–Kier alpha value is -1.97. The number of ether oxygens (including phenoxy) is 3. The monoisotopic (exact) mass is 494 g/mol. The lowest BCUT2D eigenvalue weighted by atomic mass is 9.44. The van der Waals surface area contributed by atoms with Crippen LogP contribution in [-0.4, -0.2) is 64.7 Å². The Labute approximate surface area is 202 Å². The first-order valence-electron chi connectivity index (χ1n) is 12.1. The van der Waals surface area contributed by atoms with Crippen molar-refractivity contribution in [1.82, 2.24) is 0 Å². The molecule has 2 unspecified atom stereocenters. The van der Waals surface area contributed by atoms with Crippen molar-refractivity contribution in [3.8, 4) is 0 Å². The van der Waals surface area contributed by atoms with E-state index in [2.05, 4.69) is 0 Å². The quantitative estimate of drug-likeness (QED) is 0.603. The molecule has 0 aromatic rings. The number of carbonyl (C=O) groups excluding carboxylic acids is 3. The SMILES string of the molecule is CC(=O)OCC(=O)[C@@]12OC(C)(C)O[C@@H]1C[C@H]1C3C[C@H](F)C4=CC(=O)C=CC4(C)[C@@]3(F)[C@@H](O)C[C@@]12C. The molecule has 1 saturated heterocycles. The van der Waals surface area contributed by atoms with E-state index in [-0.39, 0.29) is 24.8 Å². The summed E-state index contributed by atoms with van der Waals surface area (Å²) >= 11 is 0. The standard InChI is InChI=1S/C26H32F2O7/c1-13(29)33-12-20(32)26-21(34-22(2,3)35-26)10-15-16-9-18(27)17-8-14(30)6-7-23(17,4)25(16,28)19(31)11-24(15,26)5/h6-8,15-16,18-19,21,31H,9-12H2,1-5H3/t15-,16?,18-,19-,21+,23?,24-,25-,26+/m0/s1. The number of hydrogen-bond donors (Lipinski definition) is 1. The van der Waals surface area contributed by atoms with Gasteiger partial charge in [0.1, 0.15) is 6.17 Å². The van der Waals surface area contributed by atoms with E-state index in [1.165, 1.54) is 26.0 Å². The van der Waals surface area contributed by atoms with Crippen LogP contribution in [0.1, 0.15) is 53.9 Å². The van der Waals surface area contributed by atoms with Crippen molar-refractivity contribution in [2.24, 2.45) is 22.7 Å². The smallest absolute Gasteiger partial charge is 0.303 e. The first kappa shape index (κ1) is 24.7. The van der Waals surface area contributed by atoms with Crippen molar-refractivity contribution in [1.29, 1.82) is 0 Å². The maximum absolute atomic E-state index is 17.3. The minimum atomic E-state index is -2.27. The van der Waals surface area contributed by atoms with Gasteiger partial charge in [-0.1, -0.05) is 13.0 Å². The Morgan fingerprint density at radius 3 is 2.54 bits per heavy atom. The van der Waals surface area contributed by atoms with Crippen molar-refractivity contribution in [2.45, 2.75) is 89.3 Å². The van der Waals surface area contributed by atoms with Gasteiger partial charge in [-0.05, 0) is 63.7 Å². The summed E-state index contributed by atoms with van der Waals surface area (Å²) in [5.41, 5.74) is -6.46. The van der Waals surface area contributed by atoms with Crippen LogP contribution in [-0.2, 0) is 28.6 Å². The maximum atomic E-state index is 17.3. The second-order valence-electron chi connectivity index (χ2n) is 11.6. The Kier molecular flexibility index (Phi) is 5.15. The molecule has 0 spiro atoms. The van der Waals surface area contributed by atoms with Crippen molar-refractivity contribution in [2.75, 3.05) is 6.61 Å². The zero-order chi connectivity index (χ0) is 25.8. The minimum absolute atomic E-state index is 0.0406. The Balaban J connectivity index is 1.62. The normalized spacial score (nSPS) is 49.4. The molecule has 9 heteroatoms. The molecule has 1 aliphatic heterocycles. The van der Waals surface area contributed by atoms with E-state index in [1.54, 1.807) is 20.8 Å². The van der Waals surface area contributed by atoms with Crippen LogP contribution in [0, 0.1) is 22.7 Å². The number of alkyl halides is 2. The molecular formula is C26H32F2O7. The van der Waals surface area contributed by atoms with Crippen molar-refractivity contribution < 1.29 is 42.5 Å². The lowest BCUT2D eigenvalue weighted by molar-refractivity contribution is -0.249. The van der Waals surface area contributed by atoms with Gasteiger partial charge in [-0.3, -0.25) is 14.4 Å². The molecule has 3 saturated carbocycles. The topological polar surface area (TPSA) is 99.1 Å². The maximum Gasteiger partial charge on any atom is 0.303 e. The molecule has 5 aliphatic rings. The highest BCUT2D eigenvalue weighted by molar-refractivity contribution is 6.01. The van der Waals surface area contributed by atoms with Crippen molar-refractivity contribution >= 4 is 17.5 Å². The number of rotatable bonds is 3. The average Bonchev–Trinajstić information content (AvgIpc) is 3.16. The number of aliphatic hydroxyl groups is 1. The third-order valence-corrected chi connectivity index (χ3v) is 9.44. The lowest BCUT2D eigenvalue weighted by Gasteiger charge is -2.63. The van der Waals surface area contributed by atoms with Gasteiger partial charge in [0.25, 0.3) is 0 Å². The fourth-order valence-corrected chi connectivity index (χ4v) is 8.08. The molecule has 4 aliphatic carbocycles. The fraction of sp³-hybridized carbons (Fsp3) is 0.731. The molecule has 5 rings (SSSR count). The Bertz CT molecular complexity index is 1070. The number of halogens is 2. The molecule has 1 N–H and O–H groups in total. The summed E-state index contributed by atoms with van der Waals surface area (Å²) in [5.74, 6) is -4.23. The second kappa shape index (κ2) is 7.29. The van der Waals surface area contributed by atoms with E-state index in [1.807, 2.05) is 0 Å². The molecule has 7 nitrogen and oxygen atoms in total. The van der Waals surface area contributed by atoms with E-state index >= 15 is 8.78 Å². The van der Waals surface area contributed by atoms with Gasteiger partial charge in [-0.15, -0.1) is 0 Å². The Morgan fingerprint density at radius 1 is 1.20 bits per heavy atom. The number of ketones is 2. The van der Waals surface area contributed by atoms with E-state index in [9.17, 15) is 19.5 Å². The van der Waals surface area contributed by atoms with Gasteiger partial charge < -0.3 is 19.3 Å². The number of carbonyl (C=O) groups is 3. The Morgan fingerprint density at radius 2 is 1.89 bits per heavy atom. The van der Waals surface area contributed by atoms with Gasteiger partial charge in [-0.2, -0.15) is 0 Å². The lowest BCUT2D eigenvalue weighted by Crippen LogP contribution is -2.71. The minimum Gasteiger partial charge on any atom is -0.458 e. The summed E-state index contributed by atoms with van der Waals surface area (Å²) in [4.78, 5) is 37.1. The van der Waals surface area contributed by atoms with Crippen LogP contribution in [0.25, 0.3) is 0 Å². The summed E-state index contributed by atoms with van der Waals surface area (Å²) in [5, 5.41) is 11.5. The number of Topliss-reactive ketones (excluding diaryl/α,β-unsaturated/α-hetero) is 1. The van der Waals surface area contributed by atoms with Gasteiger partial charge in [-0.25, -0.2) is 8.78 Å². The molecule has 35 heavy (non-hydrogen) atoms. The zero-order valence-electron chi connectivity index (χ0n) is 20.6. The molecule has 192 valence electrons. The van der Waals surface area contributed by atoms with Crippen LogP contribution >= 0.6 is 0 Å². The molecule has 4 fully saturated rings. The van der Waals surface area contributed by atoms with Gasteiger partial charge in [0.05, 0.1) is 12.2 Å². The van der Waals surface area contributed by atoms with Gasteiger partial charge in [0.2, 0.25) is 5.78 Å². The van der Waals surface area contributed by atoms with Crippen molar-refractivity contribution in [3.63, 3.8) is 0 Å². The van der Waals surface area contributed by atoms with E-state index in [0.717, 1.165) is 6.08 Å².